The van der Waals surface area contributed by atoms with E-state index in [2.05, 4.69) is 34.0 Å². The summed E-state index contributed by atoms with van der Waals surface area (Å²) in [4.78, 5) is 9.47. The standard InChI is InChI=1S/C15H28N4S/c1-3-5-15(13-16,6-4-2)19-10-8-18(9-11-19)14-17-7-12-20-14/h7,12H,3-6,8-11,13,16H2,1-2H3. The van der Waals surface area contributed by atoms with Gasteiger partial charge in [-0.15, -0.1) is 11.3 Å². The van der Waals surface area contributed by atoms with Gasteiger partial charge in [-0.2, -0.15) is 0 Å². The first-order chi connectivity index (χ1) is 9.75. The predicted octanol–water partition coefficient (Wildman–Crippen LogP) is 2.56. The van der Waals surface area contributed by atoms with E-state index in [0.29, 0.717) is 0 Å². The molecule has 1 aromatic heterocycles. The lowest BCUT2D eigenvalue weighted by Crippen LogP contribution is -2.60. The predicted molar refractivity (Wildman–Crippen MR) is 87.5 cm³/mol. The molecule has 20 heavy (non-hydrogen) atoms. The monoisotopic (exact) mass is 296 g/mol. The number of aromatic nitrogens is 1. The van der Waals surface area contributed by atoms with Crippen molar-refractivity contribution in [1.82, 2.24) is 9.88 Å². The van der Waals surface area contributed by atoms with Crippen LogP contribution in [0, 0.1) is 0 Å². The normalized spacial score (nSPS) is 17.6. The van der Waals surface area contributed by atoms with Gasteiger partial charge in [0.25, 0.3) is 0 Å². The second kappa shape index (κ2) is 7.38. The average Bonchev–Trinajstić information content (AvgIpc) is 3.01. The minimum Gasteiger partial charge on any atom is -0.346 e. The van der Waals surface area contributed by atoms with Crippen molar-refractivity contribution in [2.75, 3.05) is 37.6 Å². The molecule has 0 aliphatic carbocycles. The van der Waals surface area contributed by atoms with E-state index in [1.165, 1.54) is 25.7 Å². The highest BCUT2D eigenvalue weighted by molar-refractivity contribution is 7.13. The van der Waals surface area contributed by atoms with Gasteiger partial charge in [0.05, 0.1) is 0 Å². The lowest BCUT2D eigenvalue weighted by molar-refractivity contribution is 0.0683. The van der Waals surface area contributed by atoms with E-state index in [-0.39, 0.29) is 5.54 Å². The Morgan fingerprint density at radius 3 is 2.30 bits per heavy atom. The summed E-state index contributed by atoms with van der Waals surface area (Å²) in [5.74, 6) is 0. The molecule has 1 fully saturated rings. The summed E-state index contributed by atoms with van der Waals surface area (Å²) < 4.78 is 0. The van der Waals surface area contributed by atoms with Gasteiger partial charge in [0.2, 0.25) is 0 Å². The van der Waals surface area contributed by atoms with Crippen molar-refractivity contribution < 1.29 is 0 Å². The number of rotatable bonds is 7. The van der Waals surface area contributed by atoms with Crippen molar-refractivity contribution >= 4 is 16.5 Å². The molecule has 2 N–H and O–H groups in total. The lowest BCUT2D eigenvalue weighted by Gasteiger charge is -2.47. The van der Waals surface area contributed by atoms with E-state index in [1.54, 1.807) is 11.3 Å². The molecule has 2 heterocycles. The van der Waals surface area contributed by atoms with Crippen molar-refractivity contribution in [3.8, 4) is 0 Å². The number of piperazine rings is 1. The summed E-state index contributed by atoms with van der Waals surface area (Å²) in [7, 11) is 0. The third kappa shape index (κ3) is 3.32. The molecule has 0 bridgehead atoms. The maximum absolute atomic E-state index is 6.17. The summed E-state index contributed by atoms with van der Waals surface area (Å²) in [5.41, 5.74) is 6.40. The number of anilines is 1. The van der Waals surface area contributed by atoms with Crippen LogP contribution >= 0.6 is 11.3 Å². The van der Waals surface area contributed by atoms with Crippen molar-refractivity contribution in [2.45, 2.75) is 45.1 Å². The van der Waals surface area contributed by atoms with Crippen LogP contribution in [0.3, 0.4) is 0 Å². The highest BCUT2D eigenvalue weighted by Gasteiger charge is 2.35. The summed E-state index contributed by atoms with van der Waals surface area (Å²) in [5, 5.41) is 3.22. The molecule has 1 aromatic rings. The molecule has 5 heteroatoms. The van der Waals surface area contributed by atoms with E-state index >= 15 is 0 Å². The van der Waals surface area contributed by atoms with Gasteiger partial charge in [-0.05, 0) is 12.8 Å². The zero-order chi connectivity index (χ0) is 14.4. The minimum absolute atomic E-state index is 0.221. The Labute approximate surface area is 127 Å². The van der Waals surface area contributed by atoms with Crippen LogP contribution in [0.2, 0.25) is 0 Å². The molecule has 1 saturated heterocycles. The van der Waals surface area contributed by atoms with Crippen molar-refractivity contribution in [2.24, 2.45) is 5.73 Å². The number of thiazole rings is 1. The van der Waals surface area contributed by atoms with Crippen LogP contribution in [0.1, 0.15) is 39.5 Å². The van der Waals surface area contributed by atoms with Crippen LogP contribution in [0.15, 0.2) is 11.6 Å². The number of nitrogens with two attached hydrogens (primary N) is 1. The molecule has 114 valence electrons. The zero-order valence-electron chi connectivity index (χ0n) is 12.8. The molecule has 2 rings (SSSR count). The molecular weight excluding hydrogens is 268 g/mol. The van der Waals surface area contributed by atoms with Crippen molar-refractivity contribution in [1.29, 1.82) is 0 Å². The van der Waals surface area contributed by atoms with Gasteiger partial charge < -0.3 is 10.6 Å². The first-order valence-electron chi connectivity index (χ1n) is 7.85. The fraction of sp³-hybridized carbons (Fsp3) is 0.800. The molecular formula is C15H28N4S. The SMILES string of the molecule is CCCC(CN)(CCC)N1CCN(c2nccs2)CC1. The Hall–Kier alpha value is -0.650. The summed E-state index contributed by atoms with van der Waals surface area (Å²) in [6.07, 6.45) is 6.75. The van der Waals surface area contributed by atoms with Gasteiger partial charge in [0, 0.05) is 49.8 Å². The number of hydrogen-bond donors (Lipinski definition) is 1. The fourth-order valence-electron chi connectivity index (χ4n) is 3.45. The Balaban J connectivity index is 1.99. The molecule has 0 unspecified atom stereocenters. The van der Waals surface area contributed by atoms with Gasteiger partial charge >= 0.3 is 0 Å². The lowest BCUT2D eigenvalue weighted by atomic mass is 9.86. The number of nitrogens with zero attached hydrogens (tertiary/aromatic N) is 3. The van der Waals surface area contributed by atoms with E-state index in [4.69, 9.17) is 5.73 Å². The first-order valence-corrected chi connectivity index (χ1v) is 8.73. The second-order valence-corrected chi connectivity index (χ2v) is 6.59. The maximum Gasteiger partial charge on any atom is 0.185 e. The molecule has 0 saturated carbocycles. The Morgan fingerprint density at radius 2 is 1.85 bits per heavy atom. The molecule has 1 aliphatic heterocycles. The van der Waals surface area contributed by atoms with E-state index < -0.39 is 0 Å². The smallest absolute Gasteiger partial charge is 0.185 e. The largest absolute Gasteiger partial charge is 0.346 e. The second-order valence-electron chi connectivity index (χ2n) is 5.72. The highest BCUT2D eigenvalue weighted by atomic mass is 32.1. The summed E-state index contributed by atoms with van der Waals surface area (Å²) in [6.45, 7) is 9.68. The van der Waals surface area contributed by atoms with Gasteiger partial charge in [0.1, 0.15) is 0 Å². The Morgan fingerprint density at radius 1 is 1.20 bits per heavy atom. The maximum atomic E-state index is 6.17. The number of hydrogen-bond acceptors (Lipinski definition) is 5. The van der Waals surface area contributed by atoms with Crippen LogP contribution in [-0.2, 0) is 0 Å². The zero-order valence-corrected chi connectivity index (χ0v) is 13.7. The van der Waals surface area contributed by atoms with Crippen LogP contribution in [0.5, 0.6) is 0 Å². The quantitative estimate of drug-likeness (QED) is 0.840. The Kier molecular flexibility index (Phi) is 5.81. The topological polar surface area (TPSA) is 45.4 Å². The Bertz CT molecular complexity index is 365. The third-order valence-corrected chi connectivity index (χ3v) is 5.28. The van der Waals surface area contributed by atoms with E-state index in [9.17, 15) is 0 Å². The van der Waals surface area contributed by atoms with Crippen LogP contribution < -0.4 is 10.6 Å². The minimum atomic E-state index is 0.221. The molecule has 1 aliphatic rings. The van der Waals surface area contributed by atoms with Crippen LogP contribution in [-0.4, -0.2) is 48.1 Å². The van der Waals surface area contributed by atoms with Crippen molar-refractivity contribution in [3.63, 3.8) is 0 Å². The van der Waals surface area contributed by atoms with Gasteiger partial charge in [-0.25, -0.2) is 4.98 Å². The third-order valence-electron chi connectivity index (χ3n) is 4.45. The molecule has 0 aromatic carbocycles. The fourth-order valence-corrected chi connectivity index (χ4v) is 4.15. The molecule has 0 spiro atoms. The van der Waals surface area contributed by atoms with E-state index in [1.807, 2.05) is 6.20 Å². The van der Waals surface area contributed by atoms with Gasteiger partial charge in [0.15, 0.2) is 5.13 Å². The van der Waals surface area contributed by atoms with Crippen LogP contribution in [0.25, 0.3) is 0 Å². The molecule has 0 radical (unpaired) electrons. The summed E-state index contributed by atoms with van der Waals surface area (Å²) in [6, 6.07) is 0. The van der Waals surface area contributed by atoms with Crippen molar-refractivity contribution in [3.05, 3.63) is 11.6 Å². The van der Waals surface area contributed by atoms with E-state index in [0.717, 1.165) is 37.9 Å². The summed E-state index contributed by atoms with van der Waals surface area (Å²) >= 11 is 1.74. The van der Waals surface area contributed by atoms with Crippen LogP contribution in [0.4, 0.5) is 5.13 Å². The first kappa shape index (κ1) is 15.7. The average molecular weight is 296 g/mol. The molecule has 0 atom stereocenters. The molecule has 0 amide bonds. The van der Waals surface area contributed by atoms with Gasteiger partial charge in [-0.1, -0.05) is 26.7 Å². The molecule has 4 nitrogen and oxygen atoms in total. The van der Waals surface area contributed by atoms with Gasteiger partial charge in [-0.3, -0.25) is 4.90 Å². The highest BCUT2D eigenvalue weighted by Crippen LogP contribution is 2.29.